The van der Waals surface area contributed by atoms with Gasteiger partial charge < -0.3 is 0 Å². The topological polar surface area (TPSA) is 54.4 Å². The molecule has 0 saturated carbocycles. The molecule has 1 amide bonds. The molecule has 4 aromatic rings. The van der Waals surface area contributed by atoms with Crippen LogP contribution in [0.25, 0.3) is 22.2 Å². The SMILES string of the molecule is CC(C)c1ccc(/C=N/NC(=O)c2cc(-c3ccc(Br)cc3)nc3ccccc23)cc1. The number of para-hydroxylation sites is 1. The van der Waals surface area contributed by atoms with E-state index in [4.69, 9.17) is 4.98 Å². The van der Waals surface area contributed by atoms with Crippen molar-refractivity contribution < 1.29 is 4.79 Å². The van der Waals surface area contributed by atoms with E-state index in [1.807, 2.05) is 66.7 Å². The van der Waals surface area contributed by atoms with Gasteiger partial charge in [0.25, 0.3) is 5.91 Å². The highest BCUT2D eigenvalue weighted by molar-refractivity contribution is 9.10. The Bertz CT molecular complexity index is 1250. The van der Waals surface area contributed by atoms with Crippen LogP contribution in [0.15, 0.2) is 88.4 Å². The number of nitrogens with one attached hydrogen (secondary N) is 1. The number of amides is 1. The van der Waals surface area contributed by atoms with E-state index in [1.54, 1.807) is 6.21 Å². The number of carbonyl (C=O) groups excluding carboxylic acids is 1. The number of aromatic nitrogens is 1. The van der Waals surface area contributed by atoms with E-state index in [0.717, 1.165) is 32.2 Å². The Hall–Kier alpha value is -3.31. The van der Waals surface area contributed by atoms with Crippen LogP contribution in [0, 0.1) is 0 Å². The first-order valence-electron chi connectivity index (χ1n) is 10.1. The molecule has 1 N–H and O–H groups in total. The first kappa shape index (κ1) is 20.9. The second kappa shape index (κ2) is 9.23. The lowest BCUT2D eigenvalue weighted by Gasteiger charge is -2.09. The van der Waals surface area contributed by atoms with Gasteiger partial charge in [-0.2, -0.15) is 5.10 Å². The molecule has 0 aliphatic heterocycles. The first-order valence-corrected chi connectivity index (χ1v) is 10.9. The number of fused-ring (bicyclic) bond motifs is 1. The highest BCUT2D eigenvalue weighted by Gasteiger charge is 2.13. The van der Waals surface area contributed by atoms with Crippen molar-refractivity contribution in [3.63, 3.8) is 0 Å². The maximum Gasteiger partial charge on any atom is 0.272 e. The summed E-state index contributed by atoms with van der Waals surface area (Å²) in [5.74, 6) is 0.206. The van der Waals surface area contributed by atoms with Crippen molar-refractivity contribution in [3.05, 3.63) is 100 Å². The highest BCUT2D eigenvalue weighted by Crippen LogP contribution is 2.26. The molecule has 0 radical (unpaired) electrons. The number of rotatable bonds is 5. The predicted molar refractivity (Wildman–Crippen MR) is 130 cm³/mol. The smallest absolute Gasteiger partial charge is 0.267 e. The van der Waals surface area contributed by atoms with Crippen molar-refractivity contribution in [2.75, 3.05) is 0 Å². The average molecular weight is 472 g/mol. The molecule has 0 spiro atoms. The van der Waals surface area contributed by atoms with Crippen molar-refractivity contribution in [2.45, 2.75) is 19.8 Å². The van der Waals surface area contributed by atoms with Gasteiger partial charge in [0.2, 0.25) is 0 Å². The number of pyridine rings is 1. The molecule has 0 aliphatic carbocycles. The zero-order valence-corrected chi connectivity index (χ0v) is 18.9. The third-order valence-corrected chi connectivity index (χ3v) is 5.61. The second-order valence-corrected chi connectivity index (χ2v) is 8.52. The van der Waals surface area contributed by atoms with Crippen molar-refractivity contribution >= 4 is 39.0 Å². The molecular formula is C26H22BrN3O. The summed E-state index contributed by atoms with van der Waals surface area (Å²) in [5.41, 5.74) is 7.84. The fourth-order valence-corrected chi connectivity index (χ4v) is 3.59. The van der Waals surface area contributed by atoms with E-state index in [1.165, 1.54) is 5.56 Å². The summed E-state index contributed by atoms with van der Waals surface area (Å²) >= 11 is 3.45. The summed E-state index contributed by atoms with van der Waals surface area (Å²) in [6.07, 6.45) is 1.65. The Balaban J connectivity index is 1.61. The zero-order valence-electron chi connectivity index (χ0n) is 17.3. The number of nitrogens with zero attached hydrogens (tertiary/aromatic N) is 2. The van der Waals surface area contributed by atoms with Crippen LogP contribution in [0.4, 0.5) is 0 Å². The van der Waals surface area contributed by atoms with E-state index in [0.29, 0.717) is 11.5 Å². The van der Waals surface area contributed by atoms with Gasteiger partial charge in [0.15, 0.2) is 0 Å². The summed E-state index contributed by atoms with van der Waals surface area (Å²) in [5, 5.41) is 4.95. The quantitative estimate of drug-likeness (QED) is 0.265. The van der Waals surface area contributed by atoms with E-state index >= 15 is 0 Å². The second-order valence-electron chi connectivity index (χ2n) is 7.60. The van der Waals surface area contributed by atoms with Crippen molar-refractivity contribution in [1.29, 1.82) is 0 Å². The Labute approximate surface area is 190 Å². The van der Waals surface area contributed by atoms with Crippen LogP contribution in [-0.2, 0) is 0 Å². The monoisotopic (exact) mass is 471 g/mol. The minimum absolute atomic E-state index is 0.271. The molecule has 0 bridgehead atoms. The van der Waals surface area contributed by atoms with Crippen LogP contribution in [0.2, 0.25) is 0 Å². The van der Waals surface area contributed by atoms with Gasteiger partial charge in [0.1, 0.15) is 0 Å². The summed E-state index contributed by atoms with van der Waals surface area (Å²) in [6, 6.07) is 25.5. The van der Waals surface area contributed by atoms with Crippen LogP contribution in [0.3, 0.4) is 0 Å². The van der Waals surface area contributed by atoms with Gasteiger partial charge in [0.05, 0.1) is 23.0 Å². The lowest BCUT2D eigenvalue weighted by molar-refractivity contribution is 0.0956. The molecule has 31 heavy (non-hydrogen) atoms. The largest absolute Gasteiger partial charge is 0.272 e. The summed E-state index contributed by atoms with van der Waals surface area (Å²) in [6.45, 7) is 4.32. The molecule has 1 aromatic heterocycles. The summed E-state index contributed by atoms with van der Waals surface area (Å²) < 4.78 is 0.991. The van der Waals surface area contributed by atoms with E-state index in [9.17, 15) is 4.79 Å². The number of halogens is 1. The van der Waals surface area contributed by atoms with E-state index in [-0.39, 0.29) is 5.91 Å². The van der Waals surface area contributed by atoms with Crippen molar-refractivity contribution in [2.24, 2.45) is 5.10 Å². The van der Waals surface area contributed by atoms with Crippen molar-refractivity contribution in [3.8, 4) is 11.3 Å². The molecule has 1 heterocycles. The molecule has 0 saturated heterocycles. The lowest BCUT2D eigenvalue weighted by Crippen LogP contribution is -2.18. The number of benzene rings is 3. The van der Waals surface area contributed by atoms with Gasteiger partial charge in [0, 0.05) is 15.4 Å². The molecule has 4 rings (SSSR count). The predicted octanol–water partition coefficient (Wildman–Crippen LogP) is 6.55. The number of hydrogen-bond acceptors (Lipinski definition) is 3. The molecule has 0 atom stereocenters. The average Bonchev–Trinajstić information content (AvgIpc) is 2.79. The highest BCUT2D eigenvalue weighted by atomic mass is 79.9. The minimum Gasteiger partial charge on any atom is -0.267 e. The van der Waals surface area contributed by atoms with Crippen molar-refractivity contribution in [1.82, 2.24) is 10.4 Å². The van der Waals surface area contributed by atoms with Gasteiger partial charge in [-0.15, -0.1) is 0 Å². The van der Waals surface area contributed by atoms with Gasteiger partial charge >= 0.3 is 0 Å². The number of carbonyl (C=O) groups is 1. The summed E-state index contributed by atoms with van der Waals surface area (Å²) in [7, 11) is 0. The molecule has 0 fully saturated rings. The normalized spacial score (nSPS) is 11.4. The Morgan fingerprint density at radius 2 is 1.71 bits per heavy atom. The van der Waals surface area contributed by atoms with Crippen LogP contribution >= 0.6 is 15.9 Å². The summed E-state index contributed by atoms with van der Waals surface area (Å²) in [4.78, 5) is 17.7. The van der Waals surface area contributed by atoms with E-state index in [2.05, 4.69) is 52.4 Å². The Kier molecular flexibility index (Phi) is 6.23. The molecule has 3 aromatic carbocycles. The minimum atomic E-state index is -0.271. The molecule has 154 valence electrons. The van der Waals surface area contributed by atoms with Crippen LogP contribution < -0.4 is 5.43 Å². The maximum absolute atomic E-state index is 13.0. The Morgan fingerprint density at radius 1 is 1.00 bits per heavy atom. The fraction of sp³-hybridized carbons (Fsp3) is 0.115. The molecule has 4 nitrogen and oxygen atoms in total. The maximum atomic E-state index is 13.0. The Morgan fingerprint density at radius 3 is 2.42 bits per heavy atom. The number of hydrogen-bond donors (Lipinski definition) is 1. The fourth-order valence-electron chi connectivity index (χ4n) is 3.32. The van der Waals surface area contributed by atoms with Gasteiger partial charge in [-0.05, 0) is 41.3 Å². The van der Waals surface area contributed by atoms with Crippen LogP contribution in [-0.4, -0.2) is 17.1 Å². The van der Waals surface area contributed by atoms with Gasteiger partial charge in [-0.25, -0.2) is 10.4 Å². The first-order chi connectivity index (χ1) is 15.0. The van der Waals surface area contributed by atoms with Crippen LogP contribution in [0.5, 0.6) is 0 Å². The number of hydrazone groups is 1. The van der Waals surface area contributed by atoms with Gasteiger partial charge in [-0.1, -0.05) is 84.4 Å². The molecule has 0 aliphatic rings. The van der Waals surface area contributed by atoms with Gasteiger partial charge in [-0.3, -0.25) is 4.79 Å². The molecular weight excluding hydrogens is 450 g/mol. The lowest BCUT2D eigenvalue weighted by atomic mass is 10.0. The van der Waals surface area contributed by atoms with Crippen LogP contribution in [0.1, 0.15) is 41.3 Å². The third-order valence-electron chi connectivity index (χ3n) is 5.08. The zero-order chi connectivity index (χ0) is 21.8. The third kappa shape index (κ3) is 4.89. The molecule has 0 unspecified atom stereocenters. The van der Waals surface area contributed by atoms with E-state index < -0.39 is 0 Å². The molecule has 5 heteroatoms. The standard InChI is InChI=1S/C26H22BrN3O/c1-17(2)19-9-7-18(8-10-19)16-28-30-26(31)23-15-25(20-11-13-21(27)14-12-20)29-24-6-4-3-5-22(23)24/h3-17H,1-2H3,(H,30,31)/b28-16+.